The summed E-state index contributed by atoms with van der Waals surface area (Å²) in [5.41, 5.74) is 6.68. The van der Waals surface area contributed by atoms with Crippen molar-refractivity contribution in [1.29, 1.82) is 0 Å². The minimum Gasteiger partial charge on any atom is -0.369 e. The largest absolute Gasteiger partial charge is 0.369 e. The topological polar surface area (TPSA) is 122 Å². The van der Waals surface area contributed by atoms with Crippen molar-refractivity contribution in [2.45, 2.75) is 18.6 Å². The van der Waals surface area contributed by atoms with Crippen LogP contribution in [0.1, 0.15) is 28.9 Å². The molecular weight excluding hydrogens is 388 g/mol. The van der Waals surface area contributed by atoms with Crippen LogP contribution in [0.4, 0.5) is 10.8 Å². The highest BCUT2D eigenvalue weighted by Gasteiger charge is 2.30. The van der Waals surface area contributed by atoms with Gasteiger partial charge in [0.15, 0.2) is 5.13 Å². The van der Waals surface area contributed by atoms with Crippen LogP contribution in [0.5, 0.6) is 0 Å². The van der Waals surface area contributed by atoms with Gasteiger partial charge in [-0.15, -0.1) is 23.1 Å². The van der Waals surface area contributed by atoms with Crippen molar-refractivity contribution in [3.05, 3.63) is 40.9 Å². The number of nitrogens with one attached hydrogen (secondary N) is 1. The maximum Gasteiger partial charge on any atom is 0.257 e. The molecule has 4 amide bonds. The molecule has 0 unspecified atom stereocenters. The van der Waals surface area contributed by atoms with E-state index in [0.717, 1.165) is 10.6 Å². The molecule has 1 aliphatic heterocycles. The third kappa shape index (κ3) is 4.72. The smallest absolute Gasteiger partial charge is 0.257 e. The Balaban J connectivity index is 1.60. The van der Waals surface area contributed by atoms with Gasteiger partial charge in [-0.2, -0.15) is 0 Å². The predicted octanol–water partition coefficient (Wildman–Crippen LogP) is 1.77. The van der Waals surface area contributed by atoms with E-state index in [4.69, 9.17) is 5.73 Å². The van der Waals surface area contributed by atoms with E-state index in [0.29, 0.717) is 22.1 Å². The van der Waals surface area contributed by atoms with Gasteiger partial charge in [0.1, 0.15) is 0 Å². The average Bonchev–Trinajstić information content (AvgIpc) is 3.21. The van der Waals surface area contributed by atoms with Crippen LogP contribution in [0.15, 0.2) is 29.6 Å². The summed E-state index contributed by atoms with van der Waals surface area (Å²) in [6, 6.07) is 6.26. The third-order valence-corrected chi connectivity index (χ3v) is 5.50. The highest BCUT2D eigenvalue weighted by Crippen LogP contribution is 2.24. The second kappa shape index (κ2) is 8.31. The highest BCUT2D eigenvalue weighted by molar-refractivity contribution is 7.99. The van der Waals surface area contributed by atoms with E-state index in [1.807, 2.05) is 0 Å². The standard InChI is InChI=1S/C17H16N4O4S2/c18-13(22)9-26-7-11-8-27-17(19-11)20-16(25)10-1-3-12(4-2-10)21-14(23)5-6-15(21)24/h1-4,8H,5-7,9H2,(H2,18,22)(H,19,20,25). The first-order valence-corrected chi connectivity index (χ1v) is 10.0. The molecule has 10 heteroatoms. The molecule has 3 rings (SSSR count). The zero-order valence-corrected chi connectivity index (χ0v) is 15.8. The van der Waals surface area contributed by atoms with E-state index >= 15 is 0 Å². The SMILES string of the molecule is NC(=O)CSCc1csc(NC(=O)c2ccc(N3C(=O)CCC3=O)cc2)n1. The van der Waals surface area contributed by atoms with Gasteiger partial charge in [0.2, 0.25) is 17.7 Å². The zero-order valence-electron chi connectivity index (χ0n) is 14.1. The lowest BCUT2D eigenvalue weighted by atomic mass is 10.2. The molecule has 2 heterocycles. The van der Waals surface area contributed by atoms with Crippen molar-refractivity contribution < 1.29 is 19.2 Å². The van der Waals surface area contributed by atoms with Crippen molar-refractivity contribution >= 4 is 57.5 Å². The van der Waals surface area contributed by atoms with E-state index in [9.17, 15) is 19.2 Å². The molecule has 27 heavy (non-hydrogen) atoms. The van der Waals surface area contributed by atoms with Crippen LogP contribution in [0.3, 0.4) is 0 Å². The number of primary amides is 1. The Labute approximate surface area is 163 Å². The van der Waals surface area contributed by atoms with Gasteiger partial charge in [0, 0.05) is 29.5 Å². The molecule has 0 spiro atoms. The fraction of sp³-hybridized carbons (Fsp3) is 0.235. The van der Waals surface area contributed by atoms with Gasteiger partial charge < -0.3 is 5.73 Å². The molecular formula is C17H16N4O4S2. The number of carbonyl (C=O) groups excluding carboxylic acids is 4. The number of imide groups is 1. The van der Waals surface area contributed by atoms with Gasteiger partial charge in [0.25, 0.3) is 5.91 Å². The first-order valence-electron chi connectivity index (χ1n) is 8.01. The predicted molar refractivity (Wildman–Crippen MR) is 104 cm³/mol. The number of rotatable bonds is 7. The van der Waals surface area contributed by atoms with E-state index in [-0.39, 0.29) is 42.2 Å². The Morgan fingerprint density at radius 1 is 1.19 bits per heavy atom. The van der Waals surface area contributed by atoms with Gasteiger partial charge in [-0.1, -0.05) is 0 Å². The number of thioether (sulfide) groups is 1. The Morgan fingerprint density at radius 2 is 1.85 bits per heavy atom. The summed E-state index contributed by atoms with van der Waals surface area (Å²) in [7, 11) is 0. The first-order chi connectivity index (χ1) is 12.9. The molecule has 0 radical (unpaired) electrons. The summed E-state index contributed by atoms with van der Waals surface area (Å²) in [4.78, 5) is 52.0. The monoisotopic (exact) mass is 404 g/mol. The van der Waals surface area contributed by atoms with Crippen LogP contribution in [-0.4, -0.2) is 34.4 Å². The number of amides is 4. The number of carbonyl (C=O) groups is 4. The lowest BCUT2D eigenvalue weighted by Crippen LogP contribution is -2.28. The Morgan fingerprint density at radius 3 is 2.48 bits per heavy atom. The summed E-state index contributed by atoms with van der Waals surface area (Å²) in [6.07, 6.45) is 0.427. The molecule has 0 atom stereocenters. The van der Waals surface area contributed by atoms with Gasteiger partial charge in [-0.25, -0.2) is 4.98 Å². The molecule has 0 aliphatic carbocycles. The van der Waals surface area contributed by atoms with Crippen LogP contribution in [-0.2, 0) is 20.1 Å². The summed E-state index contributed by atoms with van der Waals surface area (Å²) >= 11 is 2.64. The Hall–Kier alpha value is -2.72. The highest BCUT2D eigenvalue weighted by atomic mass is 32.2. The second-order valence-electron chi connectivity index (χ2n) is 5.73. The van der Waals surface area contributed by atoms with Crippen molar-refractivity contribution in [2.75, 3.05) is 16.0 Å². The quantitative estimate of drug-likeness (QED) is 0.678. The number of benzene rings is 1. The normalized spacial score (nSPS) is 13.9. The number of hydrogen-bond acceptors (Lipinski definition) is 7. The Bertz CT molecular complexity index is 879. The zero-order chi connectivity index (χ0) is 19.4. The number of hydrogen-bond donors (Lipinski definition) is 2. The van der Waals surface area contributed by atoms with E-state index in [1.54, 1.807) is 29.6 Å². The minimum atomic E-state index is -0.385. The van der Waals surface area contributed by atoms with Crippen molar-refractivity contribution in [3.8, 4) is 0 Å². The summed E-state index contributed by atoms with van der Waals surface area (Å²) in [5, 5.41) is 4.96. The molecule has 3 N–H and O–H groups in total. The van der Waals surface area contributed by atoms with Gasteiger partial charge in [-0.05, 0) is 24.3 Å². The number of nitrogens with zero attached hydrogens (tertiary/aromatic N) is 2. The first kappa shape index (κ1) is 19.1. The molecule has 140 valence electrons. The van der Waals surface area contributed by atoms with Crippen LogP contribution < -0.4 is 16.0 Å². The molecule has 2 aromatic rings. The molecule has 1 saturated heterocycles. The molecule has 0 bridgehead atoms. The molecule has 1 aromatic heterocycles. The molecule has 1 aliphatic rings. The number of thiazole rings is 1. The fourth-order valence-electron chi connectivity index (χ4n) is 2.48. The lowest BCUT2D eigenvalue weighted by Gasteiger charge is -2.13. The summed E-state index contributed by atoms with van der Waals surface area (Å²) in [6.45, 7) is 0. The van der Waals surface area contributed by atoms with Crippen molar-refractivity contribution in [2.24, 2.45) is 5.73 Å². The van der Waals surface area contributed by atoms with Crippen LogP contribution in [0.2, 0.25) is 0 Å². The van der Waals surface area contributed by atoms with Crippen molar-refractivity contribution in [3.63, 3.8) is 0 Å². The van der Waals surface area contributed by atoms with Gasteiger partial charge in [-0.3, -0.25) is 29.4 Å². The van der Waals surface area contributed by atoms with Crippen molar-refractivity contribution in [1.82, 2.24) is 4.98 Å². The maximum atomic E-state index is 12.3. The van der Waals surface area contributed by atoms with E-state index < -0.39 is 0 Å². The van der Waals surface area contributed by atoms with Gasteiger partial charge >= 0.3 is 0 Å². The Kier molecular flexibility index (Phi) is 5.87. The second-order valence-corrected chi connectivity index (χ2v) is 7.57. The maximum absolute atomic E-state index is 12.3. The molecule has 8 nitrogen and oxygen atoms in total. The third-order valence-electron chi connectivity index (χ3n) is 3.71. The summed E-state index contributed by atoms with van der Waals surface area (Å²) < 4.78 is 0. The summed E-state index contributed by atoms with van der Waals surface area (Å²) in [5.74, 6) is -0.450. The molecule has 0 saturated carbocycles. The van der Waals surface area contributed by atoms with Crippen LogP contribution in [0.25, 0.3) is 0 Å². The number of aromatic nitrogens is 1. The van der Waals surface area contributed by atoms with Gasteiger partial charge in [0.05, 0.1) is 17.1 Å². The molecule has 1 fully saturated rings. The minimum absolute atomic E-state index is 0.213. The van der Waals surface area contributed by atoms with Crippen LogP contribution in [0, 0.1) is 0 Å². The van der Waals surface area contributed by atoms with E-state index in [2.05, 4.69) is 10.3 Å². The fourth-order valence-corrected chi connectivity index (χ4v) is 3.95. The van der Waals surface area contributed by atoms with Crippen LogP contribution >= 0.6 is 23.1 Å². The van der Waals surface area contributed by atoms with E-state index in [1.165, 1.54) is 23.1 Å². The number of anilines is 2. The molecule has 1 aromatic carbocycles. The average molecular weight is 404 g/mol. The number of nitrogens with two attached hydrogens (primary N) is 1. The lowest BCUT2D eigenvalue weighted by molar-refractivity contribution is -0.121.